The monoisotopic (exact) mass is 262 g/mol. The van der Waals surface area contributed by atoms with Gasteiger partial charge in [-0.2, -0.15) is 0 Å². The number of ether oxygens (including phenoxy) is 1. The summed E-state index contributed by atoms with van der Waals surface area (Å²) in [5, 5.41) is 3.68. The summed E-state index contributed by atoms with van der Waals surface area (Å²) in [6, 6.07) is 6.42. The summed E-state index contributed by atoms with van der Waals surface area (Å²) >= 11 is 0. The number of anilines is 1. The van der Waals surface area contributed by atoms with Gasteiger partial charge in [-0.05, 0) is 50.9 Å². The van der Waals surface area contributed by atoms with E-state index in [0.29, 0.717) is 0 Å². The van der Waals surface area contributed by atoms with Crippen LogP contribution in [-0.2, 0) is 0 Å². The summed E-state index contributed by atoms with van der Waals surface area (Å²) in [6.45, 7) is 9.91. The van der Waals surface area contributed by atoms with Crippen molar-refractivity contribution in [3.05, 3.63) is 23.8 Å². The Bertz CT molecular complexity index is 433. The highest BCUT2D eigenvalue weighted by molar-refractivity contribution is 5.60. The molecule has 2 rings (SSSR count). The smallest absolute Gasteiger partial charge is 0.142 e. The standard InChI is InChI=1S/C16H26N2O/c1-5-16(3)12-18(10-6-9-17-16)14-11-13(2)7-8-15(14)19-4/h7-8,11,17H,5-6,9-10,12H2,1-4H3. The molecule has 1 atom stereocenters. The van der Waals surface area contributed by atoms with Crippen molar-refractivity contribution in [2.75, 3.05) is 31.6 Å². The normalized spacial score (nSPS) is 24.1. The third kappa shape index (κ3) is 3.21. The second-order valence-corrected chi connectivity index (χ2v) is 5.79. The van der Waals surface area contributed by atoms with Crippen LogP contribution in [0.4, 0.5) is 5.69 Å². The van der Waals surface area contributed by atoms with Crippen LogP contribution in [-0.4, -0.2) is 32.3 Å². The Hall–Kier alpha value is -1.22. The molecular weight excluding hydrogens is 236 g/mol. The van der Waals surface area contributed by atoms with Crippen LogP contribution in [0.5, 0.6) is 5.75 Å². The van der Waals surface area contributed by atoms with Crippen molar-refractivity contribution in [3.63, 3.8) is 0 Å². The molecule has 0 bridgehead atoms. The number of hydrogen-bond acceptors (Lipinski definition) is 3. The van der Waals surface area contributed by atoms with Crippen LogP contribution in [0.3, 0.4) is 0 Å². The van der Waals surface area contributed by atoms with Crippen LogP contribution in [0.1, 0.15) is 32.3 Å². The lowest BCUT2D eigenvalue weighted by Gasteiger charge is -2.34. The van der Waals surface area contributed by atoms with Gasteiger partial charge in [0.2, 0.25) is 0 Å². The van der Waals surface area contributed by atoms with Crippen LogP contribution in [0, 0.1) is 6.92 Å². The van der Waals surface area contributed by atoms with Gasteiger partial charge in [-0.3, -0.25) is 0 Å². The summed E-state index contributed by atoms with van der Waals surface area (Å²) in [4.78, 5) is 2.47. The molecule has 3 heteroatoms. The van der Waals surface area contributed by atoms with Crippen molar-refractivity contribution < 1.29 is 4.74 Å². The van der Waals surface area contributed by atoms with E-state index in [0.717, 1.165) is 31.8 Å². The largest absolute Gasteiger partial charge is 0.495 e. The molecule has 0 aromatic heterocycles. The molecule has 0 amide bonds. The highest BCUT2D eigenvalue weighted by atomic mass is 16.5. The first kappa shape index (κ1) is 14.2. The van der Waals surface area contributed by atoms with E-state index in [2.05, 4.69) is 49.2 Å². The lowest BCUT2D eigenvalue weighted by Crippen LogP contribution is -2.48. The number of rotatable bonds is 3. The van der Waals surface area contributed by atoms with E-state index in [1.165, 1.54) is 17.7 Å². The molecule has 1 aromatic rings. The van der Waals surface area contributed by atoms with Gasteiger partial charge in [0.25, 0.3) is 0 Å². The molecule has 1 aliphatic heterocycles. The van der Waals surface area contributed by atoms with Gasteiger partial charge in [0, 0.05) is 18.6 Å². The van der Waals surface area contributed by atoms with E-state index in [1.807, 2.05) is 0 Å². The zero-order valence-electron chi connectivity index (χ0n) is 12.6. The third-order valence-electron chi connectivity index (χ3n) is 4.15. The quantitative estimate of drug-likeness (QED) is 0.906. The van der Waals surface area contributed by atoms with Gasteiger partial charge < -0.3 is 15.0 Å². The van der Waals surface area contributed by atoms with Gasteiger partial charge in [0.05, 0.1) is 12.8 Å². The first-order chi connectivity index (χ1) is 9.08. The minimum Gasteiger partial charge on any atom is -0.495 e. The van der Waals surface area contributed by atoms with Crippen molar-refractivity contribution in [1.82, 2.24) is 5.32 Å². The van der Waals surface area contributed by atoms with Gasteiger partial charge in [0.1, 0.15) is 5.75 Å². The molecule has 1 saturated heterocycles. The van der Waals surface area contributed by atoms with E-state index in [9.17, 15) is 0 Å². The second-order valence-electron chi connectivity index (χ2n) is 5.79. The number of nitrogens with zero attached hydrogens (tertiary/aromatic N) is 1. The highest BCUT2D eigenvalue weighted by Crippen LogP contribution is 2.31. The van der Waals surface area contributed by atoms with Crippen molar-refractivity contribution in [3.8, 4) is 5.75 Å². The molecule has 0 spiro atoms. The Kier molecular flexibility index (Phi) is 4.35. The van der Waals surface area contributed by atoms with Crippen LogP contribution in [0.25, 0.3) is 0 Å². The van der Waals surface area contributed by atoms with E-state index >= 15 is 0 Å². The second kappa shape index (κ2) is 5.83. The predicted octanol–water partition coefficient (Wildman–Crippen LogP) is 2.97. The van der Waals surface area contributed by atoms with Crippen LogP contribution in [0.2, 0.25) is 0 Å². The highest BCUT2D eigenvalue weighted by Gasteiger charge is 2.28. The average molecular weight is 262 g/mol. The number of hydrogen-bond donors (Lipinski definition) is 1. The average Bonchev–Trinajstić information content (AvgIpc) is 2.61. The molecule has 1 unspecified atom stereocenters. The fourth-order valence-electron chi connectivity index (χ4n) is 2.71. The number of methoxy groups -OCH3 is 1. The Balaban J connectivity index is 2.31. The van der Waals surface area contributed by atoms with E-state index in [1.54, 1.807) is 7.11 Å². The van der Waals surface area contributed by atoms with Crippen molar-refractivity contribution in [2.45, 2.75) is 39.2 Å². The molecule has 1 fully saturated rings. The molecule has 3 nitrogen and oxygen atoms in total. The Morgan fingerprint density at radius 2 is 2.21 bits per heavy atom. The Morgan fingerprint density at radius 3 is 2.89 bits per heavy atom. The first-order valence-electron chi connectivity index (χ1n) is 7.22. The number of nitrogens with one attached hydrogen (secondary N) is 1. The van der Waals surface area contributed by atoms with Crippen molar-refractivity contribution in [2.24, 2.45) is 0 Å². The van der Waals surface area contributed by atoms with Gasteiger partial charge in [-0.1, -0.05) is 13.0 Å². The van der Waals surface area contributed by atoms with Gasteiger partial charge >= 0.3 is 0 Å². The summed E-state index contributed by atoms with van der Waals surface area (Å²) in [7, 11) is 1.75. The first-order valence-corrected chi connectivity index (χ1v) is 7.22. The van der Waals surface area contributed by atoms with Gasteiger partial charge in [-0.25, -0.2) is 0 Å². The Morgan fingerprint density at radius 1 is 1.42 bits per heavy atom. The Labute approximate surface area is 116 Å². The zero-order chi connectivity index (χ0) is 13.9. The minimum absolute atomic E-state index is 0.186. The predicted molar refractivity (Wildman–Crippen MR) is 81.3 cm³/mol. The zero-order valence-corrected chi connectivity index (χ0v) is 12.6. The summed E-state index contributed by atoms with van der Waals surface area (Å²) in [5.41, 5.74) is 2.70. The molecule has 106 valence electrons. The summed E-state index contributed by atoms with van der Waals surface area (Å²) in [5.74, 6) is 0.978. The van der Waals surface area contributed by atoms with Gasteiger partial charge in [-0.15, -0.1) is 0 Å². The van der Waals surface area contributed by atoms with Crippen LogP contribution >= 0.6 is 0 Å². The maximum Gasteiger partial charge on any atom is 0.142 e. The lowest BCUT2D eigenvalue weighted by molar-refractivity contribution is 0.364. The molecule has 0 aliphatic carbocycles. The SMILES string of the molecule is CCC1(C)CN(c2cc(C)ccc2OC)CCCN1. The van der Waals surface area contributed by atoms with E-state index in [4.69, 9.17) is 4.74 Å². The summed E-state index contributed by atoms with van der Waals surface area (Å²) in [6.07, 6.45) is 2.31. The maximum absolute atomic E-state index is 5.53. The molecule has 19 heavy (non-hydrogen) atoms. The molecule has 1 heterocycles. The fraction of sp³-hybridized carbons (Fsp3) is 0.625. The molecule has 0 saturated carbocycles. The van der Waals surface area contributed by atoms with Crippen molar-refractivity contribution in [1.29, 1.82) is 0 Å². The molecule has 1 aromatic carbocycles. The minimum atomic E-state index is 0.186. The topological polar surface area (TPSA) is 24.5 Å². The molecule has 1 N–H and O–H groups in total. The molecule has 1 aliphatic rings. The van der Waals surface area contributed by atoms with Crippen LogP contribution in [0.15, 0.2) is 18.2 Å². The maximum atomic E-state index is 5.53. The van der Waals surface area contributed by atoms with Gasteiger partial charge in [0.15, 0.2) is 0 Å². The fourth-order valence-corrected chi connectivity index (χ4v) is 2.71. The third-order valence-corrected chi connectivity index (χ3v) is 4.15. The van der Waals surface area contributed by atoms with E-state index in [-0.39, 0.29) is 5.54 Å². The van der Waals surface area contributed by atoms with E-state index < -0.39 is 0 Å². The lowest BCUT2D eigenvalue weighted by atomic mass is 9.98. The number of benzene rings is 1. The van der Waals surface area contributed by atoms with Crippen LogP contribution < -0.4 is 15.0 Å². The van der Waals surface area contributed by atoms with Crippen molar-refractivity contribution >= 4 is 5.69 Å². The summed E-state index contributed by atoms with van der Waals surface area (Å²) < 4.78 is 5.53. The number of aryl methyl sites for hydroxylation is 1. The molecule has 0 radical (unpaired) electrons. The molecular formula is C16H26N2O.